The first-order chi connectivity index (χ1) is 12.6. The molecular weight excluding hydrogens is 356 g/mol. The van der Waals surface area contributed by atoms with E-state index in [1.807, 2.05) is 12.1 Å². The first-order valence-corrected chi connectivity index (χ1v) is 8.22. The largest absolute Gasteiger partial charge is 0.457 e. The van der Waals surface area contributed by atoms with Gasteiger partial charge in [0.15, 0.2) is 11.3 Å². The van der Waals surface area contributed by atoms with Crippen molar-refractivity contribution in [3.05, 3.63) is 59.0 Å². The number of carbonyl (C=O) groups excluding carboxylic acids is 1. The van der Waals surface area contributed by atoms with Crippen LogP contribution in [0.15, 0.2) is 36.9 Å². The number of nitrogens with zero attached hydrogens (tertiary/aromatic N) is 4. The van der Waals surface area contributed by atoms with Crippen LogP contribution in [0, 0.1) is 6.92 Å². The maximum Gasteiger partial charge on any atom is 0.361 e. The number of ether oxygens (including phenoxy) is 2. The molecule has 134 valence electrons. The summed E-state index contributed by atoms with van der Waals surface area (Å²) in [6.45, 7) is 5.65. The average Bonchev–Trinajstić information content (AvgIpc) is 3.00. The molecule has 0 radical (unpaired) electrons. The fourth-order valence-electron chi connectivity index (χ4n) is 2.59. The topological polar surface area (TPSA) is 78.6 Å². The Labute approximate surface area is 155 Å². The predicted octanol–water partition coefficient (Wildman–Crippen LogP) is 3.24. The van der Waals surface area contributed by atoms with Gasteiger partial charge in [0.1, 0.15) is 6.61 Å². The molecule has 0 amide bonds. The van der Waals surface area contributed by atoms with E-state index in [1.54, 1.807) is 30.7 Å². The zero-order valence-corrected chi connectivity index (χ0v) is 15.2. The molecule has 1 aromatic carbocycles. The molecule has 0 spiro atoms. The fraction of sp³-hybridized carbons (Fsp3) is 0.222. The molecule has 8 heteroatoms. The standard InChI is InChI=1S/C18H17ClN4O3/c1-4-9-26-18(24)16-11(2)23-17(21-20-16)15(14(22-23)10-25-3)12-5-7-13(19)8-6-12/h4-8H,1,9-10H2,2-3H3. The molecule has 0 aliphatic carbocycles. The number of aryl methyl sites for hydroxylation is 1. The van der Waals surface area contributed by atoms with Gasteiger partial charge in [0, 0.05) is 12.1 Å². The van der Waals surface area contributed by atoms with Crippen molar-refractivity contribution in [1.29, 1.82) is 0 Å². The van der Waals surface area contributed by atoms with Gasteiger partial charge in [-0.25, -0.2) is 9.31 Å². The second-order valence-electron chi connectivity index (χ2n) is 5.52. The molecule has 0 fully saturated rings. The van der Waals surface area contributed by atoms with Crippen LogP contribution in [0.3, 0.4) is 0 Å². The summed E-state index contributed by atoms with van der Waals surface area (Å²) < 4.78 is 11.9. The summed E-state index contributed by atoms with van der Waals surface area (Å²) in [6, 6.07) is 7.33. The number of esters is 1. The van der Waals surface area contributed by atoms with Gasteiger partial charge in [0.05, 0.1) is 23.6 Å². The van der Waals surface area contributed by atoms with Crippen LogP contribution in [-0.2, 0) is 16.1 Å². The summed E-state index contributed by atoms with van der Waals surface area (Å²) in [5.74, 6) is -0.575. The van der Waals surface area contributed by atoms with Crippen LogP contribution in [0.5, 0.6) is 0 Å². The van der Waals surface area contributed by atoms with Crippen molar-refractivity contribution in [1.82, 2.24) is 19.8 Å². The molecule has 0 unspecified atom stereocenters. The Morgan fingerprint density at radius 3 is 2.69 bits per heavy atom. The Morgan fingerprint density at radius 2 is 2.04 bits per heavy atom. The number of rotatable bonds is 6. The summed E-state index contributed by atoms with van der Waals surface area (Å²) in [6.07, 6.45) is 1.49. The highest BCUT2D eigenvalue weighted by Gasteiger charge is 2.22. The van der Waals surface area contributed by atoms with Gasteiger partial charge in [-0.3, -0.25) is 0 Å². The van der Waals surface area contributed by atoms with E-state index >= 15 is 0 Å². The molecule has 0 saturated heterocycles. The smallest absolute Gasteiger partial charge is 0.361 e. The Hall–Kier alpha value is -2.77. The zero-order chi connectivity index (χ0) is 18.7. The molecule has 3 rings (SSSR count). The quantitative estimate of drug-likeness (QED) is 0.488. The maximum atomic E-state index is 12.1. The Kier molecular flexibility index (Phi) is 5.29. The molecule has 2 heterocycles. The number of carbonyl (C=O) groups is 1. The van der Waals surface area contributed by atoms with E-state index < -0.39 is 5.97 Å². The van der Waals surface area contributed by atoms with Crippen LogP contribution in [0.25, 0.3) is 16.8 Å². The average molecular weight is 373 g/mol. The number of fused-ring (bicyclic) bond motifs is 1. The highest BCUT2D eigenvalue weighted by molar-refractivity contribution is 6.30. The van der Waals surface area contributed by atoms with Crippen molar-refractivity contribution < 1.29 is 14.3 Å². The van der Waals surface area contributed by atoms with Gasteiger partial charge in [0.25, 0.3) is 0 Å². The van der Waals surface area contributed by atoms with E-state index in [0.717, 1.165) is 11.1 Å². The number of methoxy groups -OCH3 is 1. The third-order valence-corrected chi connectivity index (χ3v) is 4.03. The lowest BCUT2D eigenvalue weighted by Gasteiger charge is -2.06. The van der Waals surface area contributed by atoms with E-state index in [2.05, 4.69) is 21.9 Å². The van der Waals surface area contributed by atoms with E-state index in [0.29, 0.717) is 22.1 Å². The Morgan fingerprint density at radius 1 is 1.31 bits per heavy atom. The molecule has 2 aromatic heterocycles. The Balaban J connectivity index is 2.17. The van der Waals surface area contributed by atoms with Crippen molar-refractivity contribution in [2.75, 3.05) is 13.7 Å². The van der Waals surface area contributed by atoms with Gasteiger partial charge in [-0.1, -0.05) is 36.4 Å². The highest BCUT2D eigenvalue weighted by Crippen LogP contribution is 2.29. The molecular formula is C18H17ClN4O3. The van der Waals surface area contributed by atoms with Crippen LogP contribution in [-0.4, -0.2) is 39.5 Å². The second kappa shape index (κ2) is 7.63. The van der Waals surface area contributed by atoms with E-state index in [4.69, 9.17) is 21.1 Å². The van der Waals surface area contributed by atoms with E-state index in [-0.39, 0.29) is 18.9 Å². The number of halogens is 1. The van der Waals surface area contributed by atoms with Gasteiger partial charge in [-0.2, -0.15) is 5.10 Å². The molecule has 0 saturated carbocycles. The van der Waals surface area contributed by atoms with Crippen molar-refractivity contribution in [2.24, 2.45) is 0 Å². The van der Waals surface area contributed by atoms with Crippen LogP contribution >= 0.6 is 11.6 Å². The molecule has 26 heavy (non-hydrogen) atoms. The second-order valence-corrected chi connectivity index (χ2v) is 5.95. The van der Waals surface area contributed by atoms with Crippen LogP contribution in [0.4, 0.5) is 0 Å². The summed E-state index contributed by atoms with van der Waals surface area (Å²) in [5, 5.41) is 13.4. The van der Waals surface area contributed by atoms with Crippen LogP contribution in [0.2, 0.25) is 5.02 Å². The summed E-state index contributed by atoms with van der Waals surface area (Å²) >= 11 is 5.98. The molecule has 0 aliphatic heterocycles. The minimum absolute atomic E-state index is 0.0993. The van der Waals surface area contributed by atoms with Gasteiger partial charge in [-0.15, -0.1) is 10.2 Å². The minimum Gasteiger partial charge on any atom is -0.457 e. The molecule has 0 N–H and O–H groups in total. The Bertz CT molecular complexity index is 967. The van der Waals surface area contributed by atoms with Gasteiger partial charge < -0.3 is 9.47 Å². The fourth-order valence-corrected chi connectivity index (χ4v) is 2.72. The third-order valence-electron chi connectivity index (χ3n) is 3.78. The monoisotopic (exact) mass is 372 g/mol. The van der Waals surface area contributed by atoms with Gasteiger partial charge in [-0.05, 0) is 24.6 Å². The first-order valence-electron chi connectivity index (χ1n) is 7.84. The maximum absolute atomic E-state index is 12.1. The molecule has 3 aromatic rings. The number of hydrogen-bond acceptors (Lipinski definition) is 6. The third kappa shape index (κ3) is 3.31. The molecule has 0 bridgehead atoms. The number of hydrogen-bond donors (Lipinski definition) is 0. The summed E-state index contributed by atoms with van der Waals surface area (Å²) in [5.41, 5.74) is 3.51. The number of aromatic nitrogens is 4. The summed E-state index contributed by atoms with van der Waals surface area (Å²) in [7, 11) is 1.59. The number of benzene rings is 1. The van der Waals surface area contributed by atoms with Crippen molar-refractivity contribution >= 4 is 23.2 Å². The first kappa shape index (κ1) is 18.0. The van der Waals surface area contributed by atoms with Crippen molar-refractivity contribution in [3.63, 3.8) is 0 Å². The summed E-state index contributed by atoms with van der Waals surface area (Å²) in [4.78, 5) is 12.1. The minimum atomic E-state index is -0.575. The highest BCUT2D eigenvalue weighted by atomic mass is 35.5. The van der Waals surface area contributed by atoms with E-state index in [9.17, 15) is 4.79 Å². The molecule has 0 atom stereocenters. The van der Waals surface area contributed by atoms with Gasteiger partial charge in [0.2, 0.25) is 0 Å². The zero-order valence-electron chi connectivity index (χ0n) is 14.4. The lowest BCUT2D eigenvalue weighted by Crippen LogP contribution is -2.14. The van der Waals surface area contributed by atoms with E-state index in [1.165, 1.54) is 6.08 Å². The van der Waals surface area contributed by atoms with Crippen molar-refractivity contribution in [2.45, 2.75) is 13.5 Å². The van der Waals surface area contributed by atoms with Gasteiger partial charge >= 0.3 is 5.97 Å². The van der Waals surface area contributed by atoms with Crippen LogP contribution < -0.4 is 0 Å². The van der Waals surface area contributed by atoms with Crippen molar-refractivity contribution in [3.8, 4) is 11.1 Å². The lowest BCUT2D eigenvalue weighted by molar-refractivity contribution is 0.0539. The molecule has 7 nitrogen and oxygen atoms in total. The van der Waals surface area contributed by atoms with Crippen LogP contribution in [0.1, 0.15) is 21.9 Å². The predicted molar refractivity (Wildman–Crippen MR) is 97.2 cm³/mol. The molecule has 0 aliphatic rings. The lowest BCUT2D eigenvalue weighted by atomic mass is 10.1. The SMILES string of the molecule is C=CCOC(=O)c1nnc2c(-c3ccc(Cl)cc3)c(COC)nn2c1C. The normalized spacial score (nSPS) is 10.9.